The monoisotopic (exact) mass is 176 g/mol. The highest BCUT2D eigenvalue weighted by atomic mass is 32.2. The molecular formula is C7H16N2OS. The largest absolute Gasteiger partial charge is 0.396 e. The van der Waals surface area contributed by atoms with E-state index >= 15 is 0 Å². The molecule has 11 heavy (non-hydrogen) atoms. The lowest BCUT2D eigenvalue weighted by Crippen LogP contribution is -2.11. The van der Waals surface area contributed by atoms with Gasteiger partial charge in [-0.2, -0.15) is 11.8 Å². The van der Waals surface area contributed by atoms with Crippen molar-refractivity contribution in [3.8, 4) is 0 Å². The van der Waals surface area contributed by atoms with Gasteiger partial charge >= 0.3 is 0 Å². The van der Waals surface area contributed by atoms with Crippen molar-refractivity contribution in [1.82, 2.24) is 0 Å². The lowest BCUT2D eigenvalue weighted by molar-refractivity contribution is 0.250. The van der Waals surface area contributed by atoms with Crippen molar-refractivity contribution in [2.45, 2.75) is 13.3 Å². The Bertz CT molecular complexity index is 119. The van der Waals surface area contributed by atoms with Crippen molar-refractivity contribution in [2.24, 2.45) is 11.7 Å². The van der Waals surface area contributed by atoms with Crippen molar-refractivity contribution in [1.29, 1.82) is 5.41 Å². The van der Waals surface area contributed by atoms with Crippen LogP contribution in [0.15, 0.2) is 0 Å². The standard InChI is InChI=1S/C7H16N2OS/c1-6(4-10)5-11-3-2-7(8)9/h6,10H,2-5H2,1H3,(H3,8,9). The molecule has 1 atom stereocenters. The Kier molecular flexibility index (Phi) is 6.36. The maximum Gasteiger partial charge on any atom is 0.0913 e. The van der Waals surface area contributed by atoms with E-state index < -0.39 is 0 Å². The Balaban J connectivity index is 3.08. The molecule has 0 amide bonds. The molecule has 0 saturated heterocycles. The fourth-order valence-electron chi connectivity index (χ4n) is 0.519. The van der Waals surface area contributed by atoms with E-state index in [0.29, 0.717) is 12.3 Å². The van der Waals surface area contributed by atoms with Gasteiger partial charge in [-0.05, 0) is 11.7 Å². The van der Waals surface area contributed by atoms with E-state index in [1.807, 2.05) is 6.92 Å². The highest BCUT2D eigenvalue weighted by Gasteiger charge is 1.99. The molecule has 1 unspecified atom stereocenters. The van der Waals surface area contributed by atoms with Gasteiger partial charge in [-0.3, -0.25) is 5.41 Å². The van der Waals surface area contributed by atoms with E-state index in [0.717, 1.165) is 11.5 Å². The van der Waals surface area contributed by atoms with Gasteiger partial charge in [0.25, 0.3) is 0 Å². The minimum absolute atomic E-state index is 0.243. The van der Waals surface area contributed by atoms with Gasteiger partial charge in [-0.15, -0.1) is 0 Å². The highest BCUT2D eigenvalue weighted by Crippen LogP contribution is 2.08. The van der Waals surface area contributed by atoms with E-state index in [1.165, 1.54) is 0 Å². The average Bonchev–Trinajstić information content (AvgIpc) is 1.97. The molecule has 0 spiro atoms. The van der Waals surface area contributed by atoms with Crippen LogP contribution in [0, 0.1) is 11.3 Å². The van der Waals surface area contributed by atoms with E-state index in [-0.39, 0.29) is 12.4 Å². The molecule has 0 bridgehead atoms. The van der Waals surface area contributed by atoms with Gasteiger partial charge in [0, 0.05) is 18.8 Å². The summed E-state index contributed by atoms with van der Waals surface area (Å²) in [5.74, 6) is 2.44. The number of aliphatic hydroxyl groups is 1. The van der Waals surface area contributed by atoms with Gasteiger partial charge in [0.15, 0.2) is 0 Å². The van der Waals surface area contributed by atoms with Crippen molar-refractivity contribution >= 4 is 17.6 Å². The highest BCUT2D eigenvalue weighted by molar-refractivity contribution is 7.99. The lowest BCUT2D eigenvalue weighted by atomic mass is 10.2. The van der Waals surface area contributed by atoms with E-state index in [1.54, 1.807) is 11.8 Å². The Labute approximate surface area is 71.9 Å². The van der Waals surface area contributed by atoms with Crippen LogP contribution in [-0.2, 0) is 0 Å². The fraction of sp³-hybridized carbons (Fsp3) is 0.857. The van der Waals surface area contributed by atoms with E-state index in [2.05, 4.69) is 0 Å². The summed E-state index contributed by atoms with van der Waals surface area (Å²) in [6, 6.07) is 0. The number of hydrogen-bond donors (Lipinski definition) is 3. The first-order chi connectivity index (χ1) is 5.16. The Hall–Kier alpha value is -0.220. The van der Waals surface area contributed by atoms with Gasteiger partial charge in [-0.1, -0.05) is 6.92 Å². The summed E-state index contributed by atoms with van der Waals surface area (Å²) in [5.41, 5.74) is 5.16. The average molecular weight is 176 g/mol. The minimum atomic E-state index is 0.243. The zero-order chi connectivity index (χ0) is 8.69. The van der Waals surface area contributed by atoms with Crippen molar-refractivity contribution < 1.29 is 5.11 Å². The number of nitrogens with two attached hydrogens (primary N) is 1. The molecule has 4 heteroatoms. The molecule has 66 valence electrons. The smallest absolute Gasteiger partial charge is 0.0913 e. The van der Waals surface area contributed by atoms with E-state index in [4.69, 9.17) is 16.2 Å². The zero-order valence-electron chi connectivity index (χ0n) is 6.84. The van der Waals surface area contributed by atoms with Crippen LogP contribution in [0.3, 0.4) is 0 Å². The van der Waals surface area contributed by atoms with Crippen LogP contribution in [0.5, 0.6) is 0 Å². The number of hydrogen-bond acceptors (Lipinski definition) is 3. The molecule has 3 nitrogen and oxygen atoms in total. The topological polar surface area (TPSA) is 70.1 Å². The molecule has 0 aliphatic carbocycles. The number of amidine groups is 1. The summed E-state index contributed by atoms with van der Waals surface area (Å²) in [5, 5.41) is 15.6. The molecule has 4 N–H and O–H groups in total. The minimum Gasteiger partial charge on any atom is -0.396 e. The van der Waals surface area contributed by atoms with Gasteiger partial charge in [-0.25, -0.2) is 0 Å². The van der Waals surface area contributed by atoms with Crippen LogP contribution in [0.2, 0.25) is 0 Å². The van der Waals surface area contributed by atoms with Crippen LogP contribution < -0.4 is 5.73 Å². The predicted octanol–water partition coefficient (Wildman–Crippen LogP) is 0.674. The van der Waals surface area contributed by atoms with Gasteiger partial charge in [0.05, 0.1) is 5.84 Å². The van der Waals surface area contributed by atoms with E-state index in [9.17, 15) is 0 Å². The molecule has 0 aromatic heterocycles. The quantitative estimate of drug-likeness (QED) is 0.316. The van der Waals surface area contributed by atoms with Gasteiger partial charge < -0.3 is 10.8 Å². The second-order valence-corrected chi connectivity index (χ2v) is 3.79. The van der Waals surface area contributed by atoms with Crippen LogP contribution in [0.25, 0.3) is 0 Å². The third-order valence-electron chi connectivity index (χ3n) is 1.23. The summed E-state index contributed by atoms with van der Waals surface area (Å²) in [6.45, 7) is 2.24. The molecule has 0 rings (SSSR count). The maximum atomic E-state index is 8.66. The molecule has 0 heterocycles. The van der Waals surface area contributed by atoms with Crippen LogP contribution in [0.4, 0.5) is 0 Å². The molecule has 0 aromatic rings. The first kappa shape index (κ1) is 10.8. The lowest BCUT2D eigenvalue weighted by Gasteiger charge is -2.05. The Morgan fingerprint density at radius 1 is 1.73 bits per heavy atom. The number of rotatable bonds is 6. The summed E-state index contributed by atoms with van der Waals surface area (Å²) in [7, 11) is 0. The maximum absolute atomic E-state index is 8.66. The van der Waals surface area contributed by atoms with Gasteiger partial charge in [0.2, 0.25) is 0 Å². The normalized spacial score (nSPS) is 12.9. The first-order valence-corrected chi connectivity index (χ1v) is 4.83. The summed E-state index contributed by atoms with van der Waals surface area (Å²) < 4.78 is 0. The third-order valence-corrected chi connectivity index (χ3v) is 2.53. The Morgan fingerprint density at radius 3 is 2.82 bits per heavy atom. The van der Waals surface area contributed by atoms with Crippen LogP contribution >= 0.6 is 11.8 Å². The molecule has 0 aliphatic rings. The Morgan fingerprint density at radius 2 is 2.36 bits per heavy atom. The molecule has 0 saturated carbocycles. The second kappa shape index (κ2) is 6.49. The molecule has 0 aliphatic heterocycles. The number of thioether (sulfide) groups is 1. The predicted molar refractivity (Wildman–Crippen MR) is 50.1 cm³/mol. The van der Waals surface area contributed by atoms with Crippen LogP contribution in [0.1, 0.15) is 13.3 Å². The van der Waals surface area contributed by atoms with Gasteiger partial charge in [0.1, 0.15) is 0 Å². The van der Waals surface area contributed by atoms with Crippen LogP contribution in [-0.4, -0.2) is 29.1 Å². The molecule has 0 radical (unpaired) electrons. The number of aliphatic hydroxyl groups excluding tert-OH is 1. The van der Waals surface area contributed by atoms with Crippen molar-refractivity contribution in [3.63, 3.8) is 0 Å². The fourth-order valence-corrected chi connectivity index (χ4v) is 1.56. The number of nitrogens with one attached hydrogen (secondary N) is 1. The summed E-state index contributed by atoms with van der Waals surface area (Å²) in [6.07, 6.45) is 0.656. The first-order valence-electron chi connectivity index (χ1n) is 3.68. The van der Waals surface area contributed by atoms with Crippen molar-refractivity contribution in [2.75, 3.05) is 18.1 Å². The summed E-state index contributed by atoms with van der Waals surface area (Å²) in [4.78, 5) is 0. The third kappa shape index (κ3) is 7.68. The second-order valence-electron chi connectivity index (χ2n) is 2.64. The molecule has 0 aromatic carbocycles. The van der Waals surface area contributed by atoms with Crippen molar-refractivity contribution in [3.05, 3.63) is 0 Å². The zero-order valence-corrected chi connectivity index (χ0v) is 7.66. The summed E-state index contributed by atoms with van der Waals surface area (Å²) >= 11 is 1.73. The molecular weight excluding hydrogens is 160 g/mol. The SMILES string of the molecule is CC(CO)CSCCC(=N)N. The molecule has 0 fully saturated rings.